The quantitative estimate of drug-likeness (QED) is 0.626. The minimum Gasteiger partial charge on any atom is -0.340 e. The van der Waals surface area contributed by atoms with Gasteiger partial charge in [-0.2, -0.15) is 16.3 Å². The Kier molecular flexibility index (Phi) is 4.53. The summed E-state index contributed by atoms with van der Waals surface area (Å²) >= 11 is 7.69. The lowest BCUT2D eigenvalue weighted by Gasteiger charge is -2.17. The van der Waals surface area contributed by atoms with Gasteiger partial charge >= 0.3 is 5.69 Å². The molecular weight excluding hydrogens is 366 g/mol. The molecule has 0 N–H and O–H groups in total. The summed E-state index contributed by atoms with van der Waals surface area (Å²) in [5.41, 5.74) is 0.282. The molecule has 3 aromatic heterocycles. The molecule has 25 heavy (non-hydrogen) atoms. The molecule has 0 spiro atoms. The number of aryl methyl sites for hydroxylation is 1. The van der Waals surface area contributed by atoms with Gasteiger partial charge in [0.25, 0.3) is 5.56 Å². The van der Waals surface area contributed by atoms with Crippen molar-refractivity contribution in [2.45, 2.75) is 13.1 Å². The van der Waals surface area contributed by atoms with Crippen molar-refractivity contribution in [1.29, 1.82) is 0 Å². The Labute approximate surface area is 151 Å². The third-order valence-electron chi connectivity index (χ3n) is 4.02. The van der Waals surface area contributed by atoms with Gasteiger partial charge in [-0.3, -0.25) is 23.3 Å². The molecule has 3 heterocycles. The van der Waals surface area contributed by atoms with Crippen LogP contribution in [0.4, 0.5) is 0 Å². The molecule has 1 amide bonds. The van der Waals surface area contributed by atoms with E-state index in [9.17, 15) is 14.4 Å². The maximum absolute atomic E-state index is 12.5. The Balaban J connectivity index is 1.99. The minimum atomic E-state index is -0.536. The number of rotatable bonds is 4. The van der Waals surface area contributed by atoms with Crippen LogP contribution < -0.4 is 11.2 Å². The van der Waals surface area contributed by atoms with Crippen LogP contribution in [0.25, 0.3) is 11.2 Å². The number of nitrogens with zero attached hydrogens (tertiary/aromatic N) is 5. The molecule has 0 bridgehead atoms. The van der Waals surface area contributed by atoms with Crippen LogP contribution in [0.1, 0.15) is 5.56 Å². The van der Waals surface area contributed by atoms with Gasteiger partial charge in [-0.05, 0) is 34.0 Å². The third-order valence-corrected chi connectivity index (χ3v) is 5.04. The normalized spacial score (nSPS) is 11.2. The van der Waals surface area contributed by atoms with Gasteiger partial charge in [0.15, 0.2) is 11.2 Å². The van der Waals surface area contributed by atoms with E-state index < -0.39 is 11.2 Å². The summed E-state index contributed by atoms with van der Waals surface area (Å²) in [5, 5.41) is 3.90. The number of imidazole rings is 1. The van der Waals surface area contributed by atoms with Crippen LogP contribution in [0.2, 0.25) is 5.28 Å². The molecule has 10 heteroatoms. The SMILES string of the molecule is CN(Cc1ccsc1)C(=O)Cn1c(Cl)nc2c1c(=O)n(C)c(=O)n2C. The lowest BCUT2D eigenvalue weighted by molar-refractivity contribution is -0.131. The first kappa shape index (κ1) is 17.4. The van der Waals surface area contributed by atoms with Crippen molar-refractivity contribution in [2.75, 3.05) is 7.05 Å². The molecule has 0 aromatic carbocycles. The molecule has 0 saturated heterocycles. The molecule has 0 aliphatic heterocycles. The van der Waals surface area contributed by atoms with Crippen molar-refractivity contribution < 1.29 is 4.79 Å². The van der Waals surface area contributed by atoms with Crippen LogP contribution >= 0.6 is 22.9 Å². The number of carbonyl (C=O) groups excluding carboxylic acids is 1. The zero-order valence-corrected chi connectivity index (χ0v) is 15.5. The molecule has 0 radical (unpaired) electrons. The second kappa shape index (κ2) is 6.49. The number of hydrogen-bond acceptors (Lipinski definition) is 5. The second-order valence-corrected chi connectivity index (χ2v) is 6.84. The molecule has 0 fully saturated rings. The van der Waals surface area contributed by atoms with E-state index in [1.54, 1.807) is 23.3 Å². The molecule has 0 atom stereocenters. The summed E-state index contributed by atoms with van der Waals surface area (Å²) < 4.78 is 3.54. The summed E-state index contributed by atoms with van der Waals surface area (Å²) in [6, 6.07) is 1.94. The topological polar surface area (TPSA) is 82.1 Å². The first-order chi connectivity index (χ1) is 11.8. The first-order valence-corrected chi connectivity index (χ1v) is 8.70. The number of hydrogen-bond donors (Lipinski definition) is 0. The fraction of sp³-hybridized carbons (Fsp3) is 0.333. The van der Waals surface area contributed by atoms with Crippen molar-refractivity contribution in [3.63, 3.8) is 0 Å². The average Bonchev–Trinajstić information content (AvgIpc) is 3.19. The largest absolute Gasteiger partial charge is 0.340 e. The van der Waals surface area contributed by atoms with Gasteiger partial charge in [0.1, 0.15) is 6.54 Å². The van der Waals surface area contributed by atoms with Gasteiger partial charge in [-0.15, -0.1) is 0 Å². The second-order valence-electron chi connectivity index (χ2n) is 5.73. The highest BCUT2D eigenvalue weighted by molar-refractivity contribution is 7.07. The van der Waals surface area contributed by atoms with Crippen LogP contribution in [-0.4, -0.2) is 36.5 Å². The molecule has 132 valence electrons. The highest BCUT2D eigenvalue weighted by Crippen LogP contribution is 2.16. The van der Waals surface area contributed by atoms with E-state index >= 15 is 0 Å². The summed E-state index contributed by atoms with van der Waals surface area (Å²) in [6.45, 7) is 0.326. The zero-order chi connectivity index (χ0) is 18.3. The van der Waals surface area contributed by atoms with Crippen LogP contribution in [0.15, 0.2) is 26.4 Å². The highest BCUT2D eigenvalue weighted by Gasteiger charge is 2.21. The van der Waals surface area contributed by atoms with Gasteiger partial charge in [-0.1, -0.05) is 0 Å². The molecule has 0 aliphatic carbocycles. The number of amides is 1. The molecule has 0 aliphatic rings. The monoisotopic (exact) mass is 381 g/mol. The number of fused-ring (bicyclic) bond motifs is 1. The first-order valence-electron chi connectivity index (χ1n) is 7.38. The standard InChI is InChI=1S/C15H16ClN5O3S/c1-18(6-9-4-5-25-8-9)10(22)7-21-11-12(17-14(21)16)19(2)15(24)20(3)13(11)23/h4-5,8H,6-7H2,1-3H3. The van der Waals surface area contributed by atoms with Gasteiger partial charge in [0, 0.05) is 27.7 Å². The van der Waals surface area contributed by atoms with Gasteiger partial charge in [-0.25, -0.2) is 4.79 Å². The van der Waals surface area contributed by atoms with E-state index in [4.69, 9.17) is 11.6 Å². The molecule has 3 aromatic rings. The highest BCUT2D eigenvalue weighted by atomic mass is 35.5. The van der Waals surface area contributed by atoms with Crippen molar-refractivity contribution in [3.05, 3.63) is 48.5 Å². The van der Waals surface area contributed by atoms with E-state index in [1.165, 1.54) is 23.2 Å². The number of halogens is 1. The van der Waals surface area contributed by atoms with E-state index in [0.717, 1.165) is 10.1 Å². The van der Waals surface area contributed by atoms with Crippen LogP contribution in [0.3, 0.4) is 0 Å². The minimum absolute atomic E-state index is 0.00872. The predicted molar refractivity (Wildman–Crippen MR) is 96.0 cm³/mol. The summed E-state index contributed by atoms with van der Waals surface area (Å²) in [4.78, 5) is 42.6. The Morgan fingerprint density at radius 2 is 2.04 bits per heavy atom. The maximum atomic E-state index is 12.5. The van der Waals surface area contributed by atoms with Crippen molar-refractivity contribution in [1.82, 2.24) is 23.6 Å². The maximum Gasteiger partial charge on any atom is 0.332 e. The number of carbonyl (C=O) groups is 1. The average molecular weight is 382 g/mol. The number of likely N-dealkylation sites (N-methyl/N-ethyl adjacent to an activating group) is 1. The van der Waals surface area contributed by atoms with Crippen LogP contribution in [-0.2, 0) is 32.0 Å². The zero-order valence-electron chi connectivity index (χ0n) is 13.9. The van der Waals surface area contributed by atoms with Gasteiger partial charge in [0.2, 0.25) is 11.2 Å². The number of aromatic nitrogens is 4. The Hall–Kier alpha value is -2.39. The van der Waals surface area contributed by atoms with Crippen LogP contribution in [0, 0.1) is 0 Å². The van der Waals surface area contributed by atoms with Crippen molar-refractivity contribution in [2.24, 2.45) is 14.1 Å². The Morgan fingerprint density at radius 3 is 2.68 bits per heavy atom. The van der Waals surface area contributed by atoms with E-state index in [1.807, 2.05) is 16.8 Å². The molecule has 3 rings (SSSR count). The summed E-state index contributed by atoms with van der Waals surface area (Å²) in [7, 11) is 4.56. The van der Waals surface area contributed by atoms with Crippen molar-refractivity contribution in [3.8, 4) is 0 Å². The predicted octanol–water partition coefficient (Wildman–Crippen LogP) is 0.807. The lowest BCUT2D eigenvalue weighted by Crippen LogP contribution is -2.38. The summed E-state index contributed by atoms with van der Waals surface area (Å²) in [5.74, 6) is -0.219. The Bertz CT molecular complexity index is 1060. The molecule has 0 saturated carbocycles. The summed E-state index contributed by atoms with van der Waals surface area (Å²) in [6.07, 6.45) is 0. The third kappa shape index (κ3) is 3.00. The fourth-order valence-corrected chi connectivity index (χ4v) is 3.45. The van der Waals surface area contributed by atoms with E-state index in [2.05, 4.69) is 4.98 Å². The molecule has 0 unspecified atom stereocenters. The smallest absolute Gasteiger partial charge is 0.332 e. The molecule has 8 nitrogen and oxygen atoms in total. The number of thiophene rings is 1. The Morgan fingerprint density at radius 1 is 1.32 bits per heavy atom. The van der Waals surface area contributed by atoms with Gasteiger partial charge in [0.05, 0.1) is 0 Å². The van der Waals surface area contributed by atoms with Crippen molar-refractivity contribution >= 4 is 40.0 Å². The van der Waals surface area contributed by atoms with E-state index in [-0.39, 0.29) is 28.9 Å². The van der Waals surface area contributed by atoms with E-state index in [0.29, 0.717) is 6.54 Å². The lowest BCUT2D eigenvalue weighted by atomic mass is 10.3. The van der Waals surface area contributed by atoms with Crippen LogP contribution in [0.5, 0.6) is 0 Å². The fourth-order valence-electron chi connectivity index (χ4n) is 2.56. The van der Waals surface area contributed by atoms with Gasteiger partial charge < -0.3 is 4.90 Å². The molecular formula is C15H16ClN5O3S.